The van der Waals surface area contributed by atoms with E-state index in [0.717, 1.165) is 16.9 Å². The van der Waals surface area contributed by atoms with Gasteiger partial charge in [-0.2, -0.15) is 0 Å². The lowest BCUT2D eigenvalue weighted by atomic mass is 10.2. The van der Waals surface area contributed by atoms with E-state index < -0.39 is 10.8 Å². The largest absolute Gasteiger partial charge is 0.497 e. The Balaban J connectivity index is 1.99. The van der Waals surface area contributed by atoms with Crippen LogP contribution in [0.3, 0.4) is 0 Å². The molecule has 0 saturated heterocycles. The molecule has 0 N–H and O–H groups in total. The smallest absolute Gasteiger partial charge is 0.123 e. The van der Waals surface area contributed by atoms with Crippen molar-refractivity contribution >= 4 is 10.8 Å². The third-order valence-electron chi connectivity index (χ3n) is 2.70. The highest BCUT2D eigenvalue weighted by molar-refractivity contribution is 7.83. The minimum atomic E-state index is -1.02. The first-order valence-corrected chi connectivity index (χ1v) is 7.38. The summed E-state index contributed by atoms with van der Waals surface area (Å²) < 4.78 is 29.9. The van der Waals surface area contributed by atoms with Crippen molar-refractivity contribution < 1.29 is 13.3 Å². The average molecular weight is 278 g/mol. The van der Waals surface area contributed by atoms with E-state index in [4.69, 9.17) is 4.74 Å². The van der Waals surface area contributed by atoms with Crippen molar-refractivity contribution in [2.75, 3.05) is 7.11 Å². The van der Waals surface area contributed by atoms with Gasteiger partial charge in [-0.05, 0) is 35.4 Å². The molecule has 19 heavy (non-hydrogen) atoms. The molecule has 0 bridgehead atoms. The highest BCUT2D eigenvalue weighted by atomic mass is 32.2. The molecule has 4 heteroatoms. The topological polar surface area (TPSA) is 26.3 Å². The van der Waals surface area contributed by atoms with E-state index in [0.29, 0.717) is 11.5 Å². The zero-order valence-corrected chi connectivity index (χ0v) is 11.5. The SMILES string of the molecule is COc1cccc(CS(=O)Cc2ccc(F)cc2)c1. The van der Waals surface area contributed by atoms with Gasteiger partial charge in [0.1, 0.15) is 11.6 Å². The van der Waals surface area contributed by atoms with Crippen LogP contribution in [0, 0.1) is 5.82 Å². The van der Waals surface area contributed by atoms with Crippen LogP contribution < -0.4 is 4.74 Å². The molecule has 2 aromatic rings. The Labute approximate surface area is 114 Å². The lowest BCUT2D eigenvalue weighted by molar-refractivity contribution is 0.414. The first kappa shape index (κ1) is 13.7. The van der Waals surface area contributed by atoms with Gasteiger partial charge in [-0.15, -0.1) is 0 Å². The minimum Gasteiger partial charge on any atom is -0.497 e. The number of ether oxygens (including phenoxy) is 1. The standard InChI is InChI=1S/C15H15FO2S/c1-18-15-4-2-3-13(9-15)11-19(17)10-12-5-7-14(16)8-6-12/h2-9H,10-11H2,1H3. The fourth-order valence-electron chi connectivity index (χ4n) is 1.77. The Morgan fingerprint density at radius 3 is 2.42 bits per heavy atom. The van der Waals surface area contributed by atoms with Gasteiger partial charge in [-0.25, -0.2) is 4.39 Å². The minimum absolute atomic E-state index is 0.276. The molecule has 0 heterocycles. The number of methoxy groups -OCH3 is 1. The summed E-state index contributed by atoms with van der Waals surface area (Å²) in [5, 5.41) is 0. The third-order valence-corrected chi connectivity index (χ3v) is 4.01. The van der Waals surface area contributed by atoms with Crippen molar-refractivity contribution in [3.63, 3.8) is 0 Å². The molecule has 0 aromatic heterocycles. The molecule has 2 rings (SSSR count). The van der Waals surface area contributed by atoms with E-state index >= 15 is 0 Å². The summed E-state index contributed by atoms with van der Waals surface area (Å²) in [7, 11) is 0.589. The number of hydrogen-bond acceptors (Lipinski definition) is 2. The van der Waals surface area contributed by atoms with Crippen LogP contribution >= 0.6 is 0 Å². The fraction of sp³-hybridized carbons (Fsp3) is 0.200. The second-order valence-corrected chi connectivity index (χ2v) is 5.66. The Kier molecular flexibility index (Phi) is 4.68. The Morgan fingerprint density at radius 2 is 1.74 bits per heavy atom. The van der Waals surface area contributed by atoms with Crippen molar-refractivity contribution in [3.8, 4) is 5.75 Å². The van der Waals surface area contributed by atoms with Crippen LogP contribution in [-0.2, 0) is 22.3 Å². The molecule has 0 amide bonds. The molecule has 2 aromatic carbocycles. The van der Waals surface area contributed by atoms with Gasteiger partial charge in [0.05, 0.1) is 7.11 Å². The molecular formula is C15H15FO2S. The maximum absolute atomic E-state index is 12.8. The summed E-state index contributed by atoms with van der Waals surface area (Å²) in [5.74, 6) is 1.38. The van der Waals surface area contributed by atoms with E-state index in [9.17, 15) is 8.60 Å². The Bertz CT molecular complexity index is 567. The normalized spacial score (nSPS) is 12.1. The number of halogens is 1. The second kappa shape index (κ2) is 6.48. The molecule has 0 spiro atoms. The summed E-state index contributed by atoms with van der Waals surface area (Å²) in [5.41, 5.74) is 1.85. The van der Waals surface area contributed by atoms with Crippen LogP contribution in [0.15, 0.2) is 48.5 Å². The summed E-state index contributed by atoms with van der Waals surface area (Å²) in [6.45, 7) is 0. The maximum Gasteiger partial charge on any atom is 0.123 e. The molecule has 0 aliphatic rings. The van der Waals surface area contributed by atoms with Crippen LogP contribution in [0.25, 0.3) is 0 Å². The lowest BCUT2D eigenvalue weighted by Gasteiger charge is -2.05. The fourth-order valence-corrected chi connectivity index (χ4v) is 2.98. The first-order chi connectivity index (χ1) is 9.17. The quantitative estimate of drug-likeness (QED) is 0.839. The zero-order valence-electron chi connectivity index (χ0n) is 10.6. The molecule has 2 nitrogen and oxygen atoms in total. The van der Waals surface area contributed by atoms with Gasteiger partial charge in [0.2, 0.25) is 0 Å². The number of benzene rings is 2. The Hall–Kier alpha value is -1.68. The van der Waals surface area contributed by atoms with Gasteiger partial charge in [-0.1, -0.05) is 24.3 Å². The van der Waals surface area contributed by atoms with Crippen molar-refractivity contribution in [1.29, 1.82) is 0 Å². The van der Waals surface area contributed by atoms with Crippen LogP contribution in [-0.4, -0.2) is 11.3 Å². The van der Waals surface area contributed by atoms with Crippen LogP contribution in [0.1, 0.15) is 11.1 Å². The van der Waals surface area contributed by atoms with Gasteiger partial charge in [-0.3, -0.25) is 4.21 Å². The summed E-state index contributed by atoms with van der Waals surface area (Å²) in [6, 6.07) is 13.6. The van der Waals surface area contributed by atoms with Crippen LogP contribution in [0.2, 0.25) is 0 Å². The van der Waals surface area contributed by atoms with E-state index in [-0.39, 0.29) is 5.82 Å². The van der Waals surface area contributed by atoms with Gasteiger partial charge in [0.15, 0.2) is 0 Å². The van der Waals surface area contributed by atoms with Crippen molar-refractivity contribution in [2.24, 2.45) is 0 Å². The molecular weight excluding hydrogens is 263 g/mol. The molecule has 0 radical (unpaired) electrons. The van der Waals surface area contributed by atoms with E-state index in [1.165, 1.54) is 12.1 Å². The van der Waals surface area contributed by atoms with Gasteiger partial charge in [0, 0.05) is 22.3 Å². The number of rotatable bonds is 5. The number of hydrogen-bond donors (Lipinski definition) is 0. The first-order valence-electron chi connectivity index (χ1n) is 5.90. The molecule has 0 saturated carbocycles. The molecule has 1 unspecified atom stereocenters. The summed E-state index contributed by atoms with van der Waals surface area (Å²) in [4.78, 5) is 0. The van der Waals surface area contributed by atoms with E-state index in [2.05, 4.69) is 0 Å². The van der Waals surface area contributed by atoms with Crippen LogP contribution in [0.5, 0.6) is 5.75 Å². The van der Waals surface area contributed by atoms with Crippen molar-refractivity contribution in [3.05, 3.63) is 65.5 Å². The van der Waals surface area contributed by atoms with Gasteiger partial charge < -0.3 is 4.74 Å². The highest BCUT2D eigenvalue weighted by Crippen LogP contribution is 2.15. The monoisotopic (exact) mass is 278 g/mol. The third kappa shape index (κ3) is 4.17. The van der Waals surface area contributed by atoms with E-state index in [1.54, 1.807) is 19.2 Å². The summed E-state index contributed by atoms with van der Waals surface area (Å²) >= 11 is 0. The van der Waals surface area contributed by atoms with Gasteiger partial charge >= 0.3 is 0 Å². The maximum atomic E-state index is 12.8. The van der Waals surface area contributed by atoms with Gasteiger partial charge in [0.25, 0.3) is 0 Å². The van der Waals surface area contributed by atoms with Crippen molar-refractivity contribution in [2.45, 2.75) is 11.5 Å². The molecule has 1 atom stereocenters. The Morgan fingerprint density at radius 1 is 1.05 bits per heavy atom. The molecule has 0 aliphatic carbocycles. The molecule has 100 valence electrons. The molecule has 0 fully saturated rings. The molecule has 0 aliphatic heterocycles. The van der Waals surface area contributed by atoms with E-state index in [1.807, 2.05) is 24.3 Å². The van der Waals surface area contributed by atoms with Crippen molar-refractivity contribution in [1.82, 2.24) is 0 Å². The predicted molar refractivity (Wildman–Crippen MR) is 74.9 cm³/mol. The average Bonchev–Trinajstić information content (AvgIpc) is 2.41. The zero-order chi connectivity index (χ0) is 13.7. The lowest BCUT2D eigenvalue weighted by Crippen LogP contribution is -2.00. The summed E-state index contributed by atoms with van der Waals surface area (Å²) in [6.07, 6.45) is 0. The van der Waals surface area contributed by atoms with Crippen LogP contribution in [0.4, 0.5) is 4.39 Å². The highest BCUT2D eigenvalue weighted by Gasteiger charge is 2.05. The predicted octanol–water partition coefficient (Wildman–Crippen LogP) is 3.28. The second-order valence-electron chi connectivity index (χ2n) is 4.21.